The summed E-state index contributed by atoms with van der Waals surface area (Å²) in [5.74, 6) is 2.23. The Balaban J connectivity index is 1.86. The molecule has 2 heterocycles. The highest BCUT2D eigenvalue weighted by Crippen LogP contribution is 2.19. The topological polar surface area (TPSA) is 42.4 Å². The van der Waals surface area contributed by atoms with Crippen LogP contribution in [0.25, 0.3) is 0 Å². The van der Waals surface area contributed by atoms with Gasteiger partial charge in [-0.1, -0.05) is 0 Å². The maximum Gasteiger partial charge on any atom is 0.117 e. The van der Waals surface area contributed by atoms with Gasteiger partial charge in [0.1, 0.15) is 5.76 Å². The molecule has 1 aliphatic heterocycles. The Morgan fingerprint density at radius 2 is 2.57 bits per heavy atom. The van der Waals surface area contributed by atoms with Crippen LogP contribution in [0.5, 0.6) is 0 Å². The number of rotatable bonds is 3. The number of nitrogens with two attached hydrogens (primary N) is 1. The summed E-state index contributed by atoms with van der Waals surface area (Å²) in [7, 11) is 0. The van der Waals surface area contributed by atoms with E-state index in [1.807, 2.05) is 23.9 Å². The van der Waals surface area contributed by atoms with Gasteiger partial charge in [-0.05, 0) is 12.1 Å². The SMILES string of the molecule is NCC1CN(Cc2ccco2)CCS1. The Kier molecular flexibility index (Phi) is 3.50. The van der Waals surface area contributed by atoms with Gasteiger partial charge < -0.3 is 10.2 Å². The van der Waals surface area contributed by atoms with Gasteiger partial charge in [0, 0.05) is 30.6 Å². The van der Waals surface area contributed by atoms with Gasteiger partial charge in [0.05, 0.1) is 12.8 Å². The molecule has 0 amide bonds. The van der Waals surface area contributed by atoms with Gasteiger partial charge in [-0.3, -0.25) is 4.90 Å². The van der Waals surface area contributed by atoms with Crippen molar-refractivity contribution in [2.45, 2.75) is 11.8 Å². The van der Waals surface area contributed by atoms with Gasteiger partial charge >= 0.3 is 0 Å². The van der Waals surface area contributed by atoms with Crippen LogP contribution in [0, 0.1) is 0 Å². The summed E-state index contributed by atoms with van der Waals surface area (Å²) in [4.78, 5) is 2.41. The zero-order chi connectivity index (χ0) is 9.80. The minimum atomic E-state index is 0.596. The van der Waals surface area contributed by atoms with Crippen molar-refractivity contribution in [2.75, 3.05) is 25.4 Å². The summed E-state index contributed by atoms with van der Waals surface area (Å²) in [5.41, 5.74) is 5.67. The molecule has 1 aliphatic rings. The molecule has 0 bridgehead atoms. The number of thioether (sulfide) groups is 1. The number of hydrogen-bond donors (Lipinski definition) is 1. The van der Waals surface area contributed by atoms with E-state index in [0.717, 1.165) is 31.9 Å². The quantitative estimate of drug-likeness (QED) is 0.816. The fourth-order valence-electron chi connectivity index (χ4n) is 1.69. The summed E-state index contributed by atoms with van der Waals surface area (Å²) in [6.07, 6.45) is 1.73. The molecule has 0 radical (unpaired) electrons. The average Bonchev–Trinajstić information content (AvgIpc) is 2.71. The largest absolute Gasteiger partial charge is 0.468 e. The predicted molar refractivity (Wildman–Crippen MR) is 59.3 cm³/mol. The molecule has 3 nitrogen and oxygen atoms in total. The van der Waals surface area contributed by atoms with Crippen LogP contribution >= 0.6 is 11.8 Å². The third kappa shape index (κ3) is 2.53. The highest BCUT2D eigenvalue weighted by Gasteiger charge is 2.19. The van der Waals surface area contributed by atoms with Crippen molar-refractivity contribution in [3.63, 3.8) is 0 Å². The molecule has 1 aromatic heterocycles. The van der Waals surface area contributed by atoms with E-state index in [0.29, 0.717) is 5.25 Å². The Bertz CT molecular complexity index is 263. The van der Waals surface area contributed by atoms with Crippen LogP contribution in [0.1, 0.15) is 5.76 Å². The van der Waals surface area contributed by atoms with Crippen molar-refractivity contribution >= 4 is 11.8 Å². The first-order chi connectivity index (χ1) is 6.88. The lowest BCUT2D eigenvalue weighted by Gasteiger charge is -2.30. The average molecular weight is 212 g/mol. The molecule has 0 spiro atoms. The summed E-state index contributed by atoms with van der Waals surface area (Å²) >= 11 is 1.98. The van der Waals surface area contributed by atoms with Crippen LogP contribution in [0.15, 0.2) is 22.8 Å². The lowest BCUT2D eigenvalue weighted by molar-refractivity contribution is 0.252. The predicted octanol–water partition coefficient (Wildman–Crippen LogP) is 1.16. The smallest absolute Gasteiger partial charge is 0.117 e. The lowest BCUT2D eigenvalue weighted by atomic mass is 10.3. The Morgan fingerprint density at radius 1 is 1.64 bits per heavy atom. The molecule has 0 saturated carbocycles. The number of furan rings is 1. The van der Waals surface area contributed by atoms with E-state index in [2.05, 4.69) is 4.90 Å². The first-order valence-electron chi connectivity index (χ1n) is 4.95. The molecule has 1 fully saturated rings. The number of nitrogens with zero attached hydrogens (tertiary/aromatic N) is 1. The molecule has 1 saturated heterocycles. The molecule has 14 heavy (non-hydrogen) atoms. The van der Waals surface area contributed by atoms with Gasteiger partial charge in [0.25, 0.3) is 0 Å². The van der Waals surface area contributed by atoms with Crippen LogP contribution in [0.2, 0.25) is 0 Å². The van der Waals surface area contributed by atoms with E-state index < -0.39 is 0 Å². The minimum absolute atomic E-state index is 0.596. The van der Waals surface area contributed by atoms with Crippen molar-refractivity contribution in [2.24, 2.45) is 5.73 Å². The standard InChI is InChI=1S/C10H16N2OS/c11-6-10-8-12(3-5-14-10)7-9-2-1-4-13-9/h1-2,4,10H,3,5-8,11H2. The molecule has 2 rings (SSSR count). The summed E-state index contributed by atoms with van der Waals surface area (Å²) < 4.78 is 5.33. The zero-order valence-corrected chi connectivity index (χ0v) is 9.00. The Morgan fingerprint density at radius 3 is 3.29 bits per heavy atom. The highest BCUT2D eigenvalue weighted by molar-refractivity contribution is 8.00. The zero-order valence-electron chi connectivity index (χ0n) is 8.19. The van der Waals surface area contributed by atoms with Crippen LogP contribution < -0.4 is 5.73 Å². The second-order valence-electron chi connectivity index (χ2n) is 3.54. The number of hydrogen-bond acceptors (Lipinski definition) is 4. The van der Waals surface area contributed by atoms with Crippen LogP contribution in [-0.4, -0.2) is 35.5 Å². The first-order valence-corrected chi connectivity index (χ1v) is 6.00. The lowest BCUT2D eigenvalue weighted by Crippen LogP contribution is -2.40. The summed E-state index contributed by atoms with van der Waals surface area (Å²) in [6, 6.07) is 3.97. The molecule has 2 N–H and O–H groups in total. The molecular formula is C10H16N2OS. The van der Waals surface area contributed by atoms with Gasteiger partial charge in [-0.25, -0.2) is 0 Å². The van der Waals surface area contributed by atoms with E-state index in [9.17, 15) is 0 Å². The molecule has 1 aromatic rings. The molecule has 1 unspecified atom stereocenters. The van der Waals surface area contributed by atoms with E-state index in [1.54, 1.807) is 6.26 Å². The molecule has 78 valence electrons. The van der Waals surface area contributed by atoms with Gasteiger partial charge in [-0.15, -0.1) is 0 Å². The third-order valence-corrected chi connectivity index (χ3v) is 3.68. The first kappa shape index (κ1) is 10.1. The maximum atomic E-state index is 5.67. The Labute approximate surface area is 88.6 Å². The second kappa shape index (κ2) is 4.87. The fraction of sp³-hybridized carbons (Fsp3) is 0.600. The molecule has 4 heteroatoms. The van der Waals surface area contributed by atoms with Gasteiger partial charge in [-0.2, -0.15) is 11.8 Å². The van der Waals surface area contributed by atoms with Crippen molar-refractivity contribution in [1.82, 2.24) is 4.90 Å². The van der Waals surface area contributed by atoms with E-state index in [-0.39, 0.29) is 0 Å². The normalized spacial score (nSPS) is 23.9. The van der Waals surface area contributed by atoms with E-state index >= 15 is 0 Å². The third-order valence-electron chi connectivity index (χ3n) is 2.45. The molecule has 0 aromatic carbocycles. The van der Waals surface area contributed by atoms with Crippen LogP contribution in [0.4, 0.5) is 0 Å². The van der Waals surface area contributed by atoms with E-state index in [1.165, 1.54) is 5.75 Å². The fourth-order valence-corrected chi connectivity index (χ4v) is 2.84. The molecular weight excluding hydrogens is 196 g/mol. The highest BCUT2D eigenvalue weighted by atomic mass is 32.2. The Hall–Kier alpha value is -0.450. The van der Waals surface area contributed by atoms with Crippen LogP contribution in [0.3, 0.4) is 0 Å². The summed E-state index contributed by atoms with van der Waals surface area (Å²) in [5, 5.41) is 0.596. The van der Waals surface area contributed by atoms with Crippen molar-refractivity contribution < 1.29 is 4.42 Å². The molecule has 0 aliphatic carbocycles. The monoisotopic (exact) mass is 212 g/mol. The van der Waals surface area contributed by atoms with Crippen molar-refractivity contribution in [3.8, 4) is 0 Å². The molecule has 1 atom stereocenters. The van der Waals surface area contributed by atoms with Crippen LogP contribution in [-0.2, 0) is 6.54 Å². The maximum absolute atomic E-state index is 5.67. The summed E-state index contributed by atoms with van der Waals surface area (Å²) in [6.45, 7) is 3.92. The van der Waals surface area contributed by atoms with Gasteiger partial charge in [0.2, 0.25) is 0 Å². The van der Waals surface area contributed by atoms with E-state index in [4.69, 9.17) is 10.2 Å². The van der Waals surface area contributed by atoms with Crippen molar-refractivity contribution in [3.05, 3.63) is 24.2 Å². The second-order valence-corrected chi connectivity index (χ2v) is 4.95. The van der Waals surface area contributed by atoms with Crippen molar-refractivity contribution in [1.29, 1.82) is 0 Å². The van der Waals surface area contributed by atoms with Gasteiger partial charge in [0.15, 0.2) is 0 Å². The minimum Gasteiger partial charge on any atom is -0.468 e.